The van der Waals surface area contributed by atoms with Crippen LogP contribution in [0.5, 0.6) is 5.75 Å². The summed E-state index contributed by atoms with van der Waals surface area (Å²) in [5, 5.41) is 2.03. The summed E-state index contributed by atoms with van der Waals surface area (Å²) in [6.45, 7) is 4.51. The predicted molar refractivity (Wildman–Crippen MR) is 78.9 cm³/mol. The number of hydrazine groups is 1. The van der Waals surface area contributed by atoms with Gasteiger partial charge < -0.3 is 4.74 Å². The van der Waals surface area contributed by atoms with Gasteiger partial charge in [0.15, 0.2) is 0 Å². The summed E-state index contributed by atoms with van der Waals surface area (Å²) in [6, 6.07) is 2.34. The number of nitrogens with one attached hydrogen (secondary N) is 1. The van der Waals surface area contributed by atoms with E-state index in [0.29, 0.717) is 0 Å². The van der Waals surface area contributed by atoms with Crippen LogP contribution < -0.4 is 16.0 Å². The van der Waals surface area contributed by atoms with E-state index in [1.807, 2.05) is 5.38 Å². The van der Waals surface area contributed by atoms with Crippen molar-refractivity contribution >= 4 is 11.3 Å². The van der Waals surface area contributed by atoms with E-state index in [4.69, 9.17) is 10.6 Å². The third-order valence-corrected chi connectivity index (χ3v) is 4.51. The zero-order valence-corrected chi connectivity index (χ0v) is 12.6. The van der Waals surface area contributed by atoms with Crippen LogP contribution in [0.4, 0.5) is 0 Å². The van der Waals surface area contributed by atoms with E-state index in [1.165, 1.54) is 30.6 Å². The molecule has 0 bridgehead atoms. The van der Waals surface area contributed by atoms with Crippen molar-refractivity contribution in [2.24, 2.45) is 11.8 Å². The number of hydrogen-bond acceptors (Lipinski definition) is 4. The average Bonchev–Trinajstić information content (AvgIpc) is 2.88. The fraction of sp³-hybridized carbons (Fsp3) is 0.714. The molecule has 0 aliphatic rings. The van der Waals surface area contributed by atoms with Crippen molar-refractivity contribution in [1.29, 1.82) is 0 Å². The van der Waals surface area contributed by atoms with E-state index < -0.39 is 0 Å². The topological polar surface area (TPSA) is 47.3 Å². The van der Waals surface area contributed by atoms with E-state index >= 15 is 0 Å². The Hall–Kier alpha value is -0.580. The Labute approximate surface area is 115 Å². The first-order valence-electron chi connectivity index (χ1n) is 6.83. The molecule has 1 aromatic rings. The van der Waals surface area contributed by atoms with Crippen molar-refractivity contribution < 1.29 is 4.74 Å². The molecule has 0 saturated carbocycles. The molecule has 0 radical (unpaired) electrons. The summed E-state index contributed by atoms with van der Waals surface area (Å²) in [5.74, 6) is 7.38. The van der Waals surface area contributed by atoms with Gasteiger partial charge in [0.05, 0.1) is 13.2 Å². The quantitative estimate of drug-likeness (QED) is 0.529. The van der Waals surface area contributed by atoms with Crippen LogP contribution in [-0.2, 0) is 0 Å². The zero-order chi connectivity index (χ0) is 13.4. The molecular weight excluding hydrogens is 244 g/mol. The molecule has 0 aromatic carbocycles. The van der Waals surface area contributed by atoms with Crippen LogP contribution in [0.15, 0.2) is 11.4 Å². The van der Waals surface area contributed by atoms with Crippen LogP contribution in [0.25, 0.3) is 0 Å². The van der Waals surface area contributed by atoms with E-state index in [1.54, 1.807) is 18.4 Å². The van der Waals surface area contributed by atoms with Crippen LogP contribution in [-0.4, -0.2) is 7.11 Å². The van der Waals surface area contributed by atoms with Crippen LogP contribution in [0.1, 0.15) is 56.9 Å². The molecule has 4 heteroatoms. The van der Waals surface area contributed by atoms with Gasteiger partial charge in [-0.25, -0.2) is 0 Å². The molecule has 104 valence electrons. The first-order valence-corrected chi connectivity index (χ1v) is 7.71. The van der Waals surface area contributed by atoms with Crippen LogP contribution >= 0.6 is 11.3 Å². The van der Waals surface area contributed by atoms with Crippen molar-refractivity contribution in [1.82, 2.24) is 5.43 Å². The standard InChI is InChI=1S/C14H26N2OS/c1-4-6-7-11(5-2)8-13(16-15)14-9-12(17-3)10-18-14/h9-11,13,16H,4-8,15H2,1-3H3. The van der Waals surface area contributed by atoms with E-state index in [2.05, 4.69) is 25.3 Å². The van der Waals surface area contributed by atoms with Crippen molar-refractivity contribution in [2.45, 2.75) is 52.0 Å². The third-order valence-electron chi connectivity index (χ3n) is 3.49. The molecule has 0 aliphatic heterocycles. The number of rotatable bonds is 9. The minimum Gasteiger partial charge on any atom is -0.496 e. The van der Waals surface area contributed by atoms with Gasteiger partial charge in [-0.1, -0.05) is 39.5 Å². The average molecular weight is 270 g/mol. The fourth-order valence-corrected chi connectivity index (χ4v) is 3.13. The lowest BCUT2D eigenvalue weighted by Crippen LogP contribution is -2.29. The Morgan fingerprint density at radius 1 is 1.44 bits per heavy atom. The Morgan fingerprint density at radius 2 is 2.22 bits per heavy atom. The van der Waals surface area contributed by atoms with Gasteiger partial charge in [0.25, 0.3) is 0 Å². The SMILES string of the molecule is CCCCC(CC)CC(NN)c1cc(OC)cs1. The number of ether oxygens (including phenoxy) is 1. The molecule has 0 amide bonds. The van der Waals surface area contributed by atoms with Crippen molar-refractivity contribution in [2.75, 3.05) is 7.11 Å². The number of thiophene rings is 1. The van der Waals surface area contributed by atoms with Gasteiger partial charge in [-0.2, -0.15) is 0 Å². The monoisotopic (exact) mass is 270 g/mol. The van der Waals surface area contributed by atoms with Crippen LogP contribution in [0.2, 0.25) is 0 Å². The molecule has 1 heterocycles. The molecule has 1 aromatic heterocycles. The molecular formula is C14H26N2OS. The Morgan fingerprint density at radius 3 is 2.72 bits per heavy atom. The summed E-state index contributed by atoms with van der Waals surface area (Å²) < 4.78 is 5.23. The van der Waals surface area contributed by atoms with Gasteiger partial charge in [-0.05, 0) is 18.4 Å². The third kappa shape index (κ3) is 4.59. The second-order valence-electron chi connectivity index (χ2n) is 4.76. The smallest absolute Gasteiger partial charge is 0.129 e. The molecule has 2 atom stereocenters. The molecule has 18 heavy (non-hydrogen) atoms. The Balaban J connectivity index is 2.59. The van der Waals surface area contributed by atoms with Gasteiger partial charge in [0, 0.05) is 10.3 Å². The lowest BCUT2D eigenvalue weighted by atomic mass is 9.92. The van der Waals surface area contributed by atoms with Gasteiger partial charge in [-0.15, -0.1) is 11.3 Å². The van der Waals surface area contributed by atoms with E-state index in [9.17, 15) is 0 Å². The summed E-state index contributed by atoms with van der Waals surface area (Å²) in [7, 11) is 1.70. The summed E-state index contributed by atoms with van der Waals surface area (Å²) in [6.07, 6.45) is 6.21. The fourth-order valence-electron chi connectivity index (χ4n) is 2.21. The largest absolute Gasteiger partial charge is 0.496 e. The Kier molecular flexibility index (Phi) is 7.32. The number of methoxy groups -OCH3 is 1. The molecule has 3 nitrogen and oxygen atoms in total. The highest BCUT2D eigenvalue weighted by atomic mass is 32.1. The first-order chi connectivity index (χ1) is 8.74. The molecule has 2 unspecified atom stereocenters. The van der Waals surface area contributed by atoms with Gasteiger partial charge in [0.2, 0.25) is 0 Å². The van der Waals surface area contributed by atoms with Gasteiger partial charge in [-0.3, -0.25) is 11.3 Å². The second-order valence-corrected chi connectivity index (χ2v) is 5.70. The normalized spacial score (nSPS) is 14.4. The zero-order valence-electron chi connectivity index (χ0n) is 11.7. The summed E-state index contributed by atoms with van der Waals surface area (Å²) in [4.78, 5) is 1.27. The van der Waals surface area contributed by atoms with E-state index in [-0.39, 0.29) is 6.04 Å². The minimum absolute atomic E-state index is 0.251. The highest BCUT2D eigenvalue weighted by molar-refractivity contribution is 7.10. The maximum atomic E-state index is 5.70. The van der Waals surface area contributed by atoms with Gasteiger partial charge in [0.1, 0.15) is 5.75 Å². The lowest BCUT2D eigenvalue weighted by Gasteiger charge is -2.21. The van der Waals surface area contributed by atoms with Crippen LogP contribution in [0.3, 0.4) is 0 Å². The highest BCUT2D eigenvalue weighted by Crippen LogP contribution is 2.32. The molecule has 3 N–H and O–H groups in total. The van der Waals surface area contributed by atoms with Crippen molar-refractivity contribution in [3.8, 4) is 5.75 Å². The molecule has 0 spiro atoms. The molecule has 0 aliphatic carbocycles. The van der Waals surface area contributed by atoms with Crippen molar-refractivity contribution in [3.05, 3.63) is 16.3 Å². The van der Waals surface area contributed by atoms with Crippen molar-refractivity contribution in [3.63, 3.8) is 0 Å². The molecule has 1 rings (SSSR count). The second kappa shape index (κ2) is 8.51. The Bertz CT molecular complexity index is 327. The number of nitrogens with two attached hydrogens (primary N) is 1. The lowest BCUT2D eigenvalue weighted by molar-refractivity contribution is 0.358. The predicted octanol–water partition coefficient (Wildman–Crippen LogP) is 3.87. The number of unbranched alkanes of at least 4 members (excludes halogenated alkanes) is 1. The summed E-state index contributed by atoms with van der Waals surface area (Å²) >= 11 is 1.72. The first kappa shape index (κ1) is 15.5. The van der Waals surface area contributed by atoms with Crippen LogP contribution in [0, 0.1) is 5.92 Å². The minimum atomic E-state index is 0.251. The van der Waals surface area contributed by atoms with Gasteiger partial charge >= 0.3 is 0 Å². The molecule has 0 saturated heterocycles. The molecule has 0 fully saturated rings. The maximum absolute atomic E-state index is 5.70. The van der Waals surface area contributed by atoms with E-state index in [0.717, 1.165) is 18.1 Å². The summed E-state index contributed by atoms with van der Waals surface area (Å²) in [5.41, 5.74) is 2.95. The highest BCUT2D eigenvalue weighted by Gasteiger charge is 2.17. The number of hydrogen-bond donors (Lipinski definition) is 2. The maximum Gasteiger partial charge on any atom is 0.129 e.